The van der Waals surface area contributed by atoms with E-state index in [1.54, 1.807) is 0 Å². The Morgan fingerprint density at radius 1 is 0.364 bits per heavy atom. The van der Waals surface area contributed by atoms with Gasteiger partial charge in [0, 0.05) is 49.3 Å². The standard InChI is InChI=1S/C50H29N5/c51-30-33-13-10-20-41-39-17-3-7-23-46(39)54(50(33)41)34-14-9-12-32(28-34)36-19-11-25-48(43(36)31-52)55-47-24-8-4-18-40(47)42-29-35(26-27-49(42)55)53-44-21-5-1-15-37(44)38-16-2-6-22-45(38)53/h1-29H. The van der Waals surface area contributed by atoms with Gasteiger partial charge in [0.25, 0.3) is 0 Å². The van der Waals surface area contributed by atoms with E-state index in [0.29, 0.717) is 11.1 Å². The molecule has 11 aromatic rings. The van der Waals surface area contributed by atoms with Gasteiger partial charge < -0.3 is 13.7 Å². The summed E-state index contributed by atoms with van der Waals surface area (Å²) in [6.07, 6.45) is 0. The van der Waals surface area contributed by atoms with E-state index in [1.165, 1.54) is 21.8 Å². The molecule has 0 spiro atoms. The van der Waals surface area contributed by atoms with Crippen LogP contribution in [0.4, 0.5) is 0 Å². The van der Waals surface area contributed by atoms with Gasteiger partial charge in [-0.2, -0.15) is 10.5 Å². The minimum Gasteiger partial charge on any atom is -0.309 e. The minimum atomic E-state index is 0.591. The fourth-order valence-corrected chi connectivity index (χ4v) is 8.83. The quantitative estimate of drug-likeness (QED) is 0.184. The molecule has 5 nitrogen and oxygen atoms in total. The van der Waals surface area contributed by atoms with Gasteiger partial charge in [0.2, 0.25) is 0 Å². The lowest BCUT2D eigenvalue weighted by atomic mass is 9.98. The number of benzene rings is 8. The third-order valence-electron chi connectivity index (χ3n) is 11.1. The molecule has 0 saturated heterocycles. The highest BCUT2D eigenvalue weighted by Gasteiger charge is 2.21. The van der Waals surface area contributed by atoms with Crippen molar-refractivity contribution in [2.24, 2.45) is 0 Å². The fourth-order valence-electron chi connectivity index (χ4n) is 8.83. The molecule has 0 fully saturated rings. The van der Waals surface area contributed by atoms with Crippen molar-refractivity contribution in [3.05, 3.63) is 187 Å². The van der Waals surface area contributed by atoms with E-state index < -0.39 is 0 Å². The topological polar surface area (TPSA) is 62.4 Å². The van der Waals surface area contributed by atoms with E-state index in [9.17, 15) is 10.5 Å². The molecule has 0 bridgehead atoms. The first-order chi connectivity index (χ1) is 27.2. The van der Waals surface area contributed by atoms with Gasteiger partial charge in [-0.1, -0.05) is 109 Å². The van der Waals surface area contributed by atoms with Crippen molar-refractivity contribution in [2.45, 2.75) is 0 Å². The Kier molecular flexibility index (Phi) is 6.61. The Morgan fingerprint density at radius 3 is 1.56 bits per heavy atom. The molecule has 0 saturated carbocycles. The molecule has 0 aliphatic heterocycles. The molecule has 254 valence electrons. The predicted octanol–water partition coefficient (Wildman–Crippen LogP) is 12.4. The largest absolute Gasteiger partial charge is 0.309 e. The highest BCUT2D eigenvalue weighted by molar-refractivity contribution is 6.13. The fraction of sp³-hybridized carbons (Fsp3) is 0. The molecule has 11 rings (SSSR count). The SMILES string of the molecule is N#Cc1c(-c2cccc(-n3c4ccccc4c4cccc(C#N)c43)c2)cccc1-n1c2ccccc2c2cc(-n3c4ccccc4c4ccccc43)ccc21. The Labute approximate surface area is 316 Å². The average Bonchev–Trinajstić information content (AvgIpc) is 3.89. The van der Waals surface area contributed by atoms with Crippen LogP contribution in [0, 0.1) is 22.7 Å². The van der Waals surface area contributed by atoms with Crippen molar-refractivity contribution in [1.29, 1.82) is 10.5 Å². The lowest BCUT2D eigenvalue weighted by molar-refractivity contribution is 1.16. The summed E-state index contributed by atoms with van der Waals surface area (Å²) in [5.74, 6) is 0. The number of hydrogen-bond donors (Lipinski definition) is 0. The third kappa shape index (κ3) is 4.39. The number of rotatable bonds is 4. The highest BCUT2D eigenvalue weighted by Crippen LogP contribution is 2.40. The molecule has 0 aliphatic rings. The number of nitriles is 2. The highest BCUT2D eigenvalue weighted by atomic mass is 15.0. The zero-order chi connectivity index (χ0) is 36.6. The molecule has 0 atom stereocenters. The Morgan fingerprint density at radius 2 is 0.891 bits per heavy atom. The van der Waals surface area contributed by atoms with E-state index in [-0.39, 0.29) is 0 Å². The normalized spacial score (nSPS) is 11.6. The van der Waals surface area contributed by atoms with Crippen LogP contribution in [0.1, 0.15) is 11.1 Å². The number of nitrogens with zero attached hydrogens (tertiary/aromatic N) is 5. The molecule has 0 N–H and O–H groups in total. The summed E-state index contributed by atoms with van der Waals surface area (Å²) in [7, 11) is 0. The Hall–Kier alpha value is -7.86. The molecule has 0 amide bonds. The van der Waals surface area contributed by atoms with Gasteiger partial charge in [0.05, 0.1) is 49.9 Å². The molecule has 0 aliphatic carbocycles. The number of para-hydroxylation sites is 5. The van der Waals surface area contributed by atoms with Gasteiger partial charge in [-0.3, -0.25) is 0 Å². The lowest BCUT2D eigenvalue weighted by Gasteiger charge is -2.15. The molecule has 0 unspecified atom stereocenters. The van der Waals surface area contributed by atoms with Crippen LogP contribution in [-0.2, 0) is 0 Å². The molecular weight excluding hydrogens is 671 g/mol. The zero-order valence-electron chi connectivity index (χ0n) is 29.5. The smallest absolute Gasteiger partial charge is 0.102 e. The second-order valence-electron chi connectivity index (χ2n) is 14.0. The first-order valence-corrected chi connectivity index (χ1v) is 18.3. The van der Waals surface area contributed by atoms with Gasteiger partial charge in [0.1, 0.15) is 12.1 Å². The van der Waals surface area contributed by atoms with Gasteiger partial charge in [-0.15, -0.1) is 0 Å². The van der Waals surface area contributed by atoms with Crippen LogP contribution in [-0.4, -0.2) is 13.7 Å². The van der Waals surface area contributed by atoms with Crippen LogP contribution in [0.25, 0.3) is 93.6 Å². The van der Waals surface area contributed by atoms with Crippen LogP contribution in [0.3, 0.4) is 0 Å². The number of hydrogen-bond acceptors (Lipinski definition) is 2. The maximum absolute atomic E-state index is 11.0. The van der Waals surface area contributed by atoms with Crippen LogP contribution in [0.2, 0.25) is 0 Å². The van der Waals surface area contributed by atoms with Crippen molar-refractivity contribution < 1.29 is 0 Å². The van der Waals surface area contributed by atoms with Crippen molar-refractivity contribution in [3.63, 3.8) is 0 Å². The summed E-state index contributed by atoms with van der Waals surface area (Å²) in [4.78, 5) is 0. The van der Waals surface area contributed by atoms with E-state index >= 15 is 0 Å². The second kappa shape index (κ2) is 11.8. The molecule has 3 heterocycles. The summed E-state index contributed by atoms with van der Waals surface area (Å²) in [6, 6.07) is 65.9. The molecular formula is C50H29N5. The average molecular weight is 700 g/mol. The van der Waals surface area contributed by atoms with Crippen LogP contribution in [0.5, 0.6) is 0 Å². The van der Waals surface area contributed by atoms with Crippen LogP contribution < -0.4 is 0 Å². The molecule has 0 radical (unpaired) electrons. The summed E-state index contributed by atoms with van der Waals surface area (Å²) < 4.78 is 6.75. The maximum Gasteiger partial charge on any atom is 0.102 e. The van der Waals surface area contributed by atoms with Crippen LogP contribution >= 0.6 is 0 Å². The summed E-state index contributed by atoms with van der Waals surface area (Å²) >= 11 is 0. The molecule has 55 heavy (non-hydrogen) atoms. The van der Waals surface area contributed by atoms with E-state index in [2.05, 4.69) is 153 Å². The summed E-state index contributed by atoms with van der Waals surface area (Å²) in [5, 5.41) is 27.9. The first-order valence-electron chi connectivity index (χ1n) is 18.3. The van der Waals surface area contributed by atoms with E-state index in [4.69, 9.17) is 0 Å². The predicted molar refractivity (Wildman–Crippen MR) is 224 cm³/mol. The van der Waals surface area contributed by atoms with Gasteiger partial charge >= 0.3 is 0 Å². The van der Waals surface area contributed by atoms with Crippen molar-refractivity contribution >= 4 is 65.4 Å². The molecule has 3 aromatic heterocycles. The van der Waals surface area contributed by atoms with Crippen molar-refractivity contribution in [2.75, 3.05) is 0 Å². The number of aromatic nitrogens is 3. The Balaban J connectivity index is 1.12. The third-order valence-corrected chi connectivity index (χ3v) is 11.1. The molecule has 8 aromatic carbocycles. The van der Waals surface area contributed by atoms with E-state index in [0.717, 1.165) is 71.8 Å². The monoisotopic (exact) mass is 699 g/mol. The van der Waals surface area contributed by atoms with Gasteiger partial charge in [-0.25, -0.2) is 0 Å². The van der Waals surface area contributed by atoms with Crippen molar-refractivity contribution in [1.82, 2.24) is 13.7 Å². The minimum absolute atomic E-state index is 0.591. The maximum atomic E-state index is 11.0. The van der Waals surface area contributed by atoms with Gasteiger partial charge in [0.15, 0.2) is 0 Å². The zero-order valence-corrected chi connectivity index (χ0v) is 29.5. The number of fused-ring (bicyclic) bond motifs is 9. The van der Waals surface area contributed by atoms with Gasteiger partial charge in [-0.05, 0) is 72.3 Å². The summed E-state index contributed by atoms with van der Waals surface area (Å²) in [6.45, 7) is 0. The Bertz CT molecular complexity index is 3420. The summed E-state index contributed by atoms with van der Waals surface area (Å²) in [5.41, 5.74) is 12.1. The van der Waals surface area contributed by atoms with E-state index in [1.807, 2.05) is 48.5 Å². The first kappa shape index (κ1) is 30.7. The molecule has 5 heteroatoms. The van der Waals surface area contributed by atoms with Crippen molar-refractivity contribution in [3.8, 4) is 40.3 Å². The second-order valence-corrected chi connectivity index (χ2v) is 14.0. The lowest BCUT2D eigenvalue weighted by Crippen LogP contribution is -2.00. The van der Waals surface area contributed by atoms with Crippen LogP contribution in [0.15, 0.2) is 176 Å².